The Balaban J connectivity index is 1.34. The largest absolute Gasteiger partial charge is 0.489 e. The summed E-state index contributed by atoms with van der Waals surface area (Å²) in [4.78, 5) is 12.7. The Bertz CT molecular complexity index is 951. The lowest BCUT2D eigenvalue weighted by Gasteiger charge is -2.21. The van der Waals surface area contributed by atoms with E-state index in [0.717, 1.165) is 43.2 Å². The maximum atomic E-state index is 12.7. The van der Waals surface area contributed by atoms with Gasteiger partial charge in [-0.2, -0.15) is 11.8 Å². The zero-order valence-corrected chi connectivity index (χ0v) is 17.5. The van der Waals surface area contributed by atoms with Crippen LogP contribution in [0.3, 0.4) is 0 Å². The number of thioether (sulfide) groups is 1. The predicted octanol–water partition coefficient (Wildman–Crippen LogP) is 5.52. The minimum Gasteiger partial charge on any atom is -0.489 e. The third kappa shape index (κ3) is 5.68. The fourth-order valence-corrected chi connectivity index (χ4v) is 4.44. The van der Waals surface area contributed by atoms with Crippen LogP contribution in [-0.4, -0.2) is 24.4 Å². The Kier molecular flexibility index (Phi) is 7.11. The number of rotatable bonds is 8. The summed E-state index contributed by atoms with van der Waals surface area (Å²) in [5, 5.41) is 3.59. The van der Waals surface area contributed by atoms with Crippen LogP contribution in [-0.2, 0) is 17.1 Å². The molecule has 2 heterocycles. The van der Waals surface area contributed by atoms with Gasteiger partial charge in [0, 0.05) is 35.5 Å². The molecule has 0 saturated carbocycles. The van der Waals surface area contributed by atoms with Crippen molar-refractivity contribution in [2.45, 2.75) is 30.5 Å². The first-order valence-corrected chi connectivity index (χ1v) is 11.2. The van der Waals surface area contributed by atoms with Gasteiger partial charge in [0.05, 0.1) is 6.26 Å². The zero-order chi connectivity index (χ0) is 20.6. The van der Waals surface area contributed by atoms with Gasteiger partial charge in [-0.15, -0.1) is 0 Å². The zero-order valence-electron chi connectivity index (χ0n) is 16.7. The van der Waals surface area contributed by atoms with E-state index in [1.54, 1.807) is 6.07 Å². The number of anilines is 1. The number of ether oxygens (including phenoxy) is 2. The standard InChI is InChI=1S/C24H25NO4S/c26-24(23-19(9-14-28-23)16-29-21-7-2-1-3-8-21)25-20-6-4-5-18(15-20)17-30-22-10-12-27-13-11-22/h1-9,14-15,22H,10-13,16-17H2,(H,25,26). The van der Waals surface area contributed by atoms with Crippen molar-refractivity contribution in [2.24, 2.45) is 0 Å². The van der Waals surface area contributed by atoms with E-state index in [1.807, 2.05) is 60.3 Å². The number of hydrogen-bond donors (Lipinski definition) is 1. The molecule has 6 heteroatoms. The number of benzene rings is 2. The van der Waals surface area contributed by atoms with Gasteiger partial charge in [-0.25, -0.2) is 0 Å². The molecule has 4 rings (SSSR count). The minimum absolute atomic E-state index is 0.269. The molecule has 1 fully saturated rings. The molecule has 0 bridgehead atoms. The second kappa shape index (κ2) is 10.4. The van der Waals surface area contributed by atoms with Gasteiger partial charge in [-0.3, -0.25) is 4.79 Å². The minimum atomic E-state index is -0.277. The number of carbonyl (C=O) groups is 1. The smallest absolute Gasteiger partial charge is 0.291 e. The highest BCUT2D eigenvalue weighted by molar-refractivity contribution is 7.99. The molecular formula is C24H25NO4S. The Morgan fingerprint density at radius 2 is 1.90 bits per heavy atom. The van der Waals surface area contributed by atoms with Crippen LogP contribution in [0.2, 0.25) is 0 Å². The number of nitrogens with one attached hydrogen (secondary N) is 1. The highest BCUT2D eigenvalue weighted by atomic mass is 32.2. The molecular weight excluding hydrogens is 398 g/mol. The van der Waals surface area contributed by atoms with Crippen molar-refractivity contribution in [3.63, 3.8) is 0 Å². The van der Waals surface area contributed by atoms with Gasteiger partial charge in [-0.05, 0) is 48.7 Å². The van der Waals surface area contributed by atoms with Gasteiger partial charge in [0.25, 0.3) is 5.91 Å². The molecule has 1 aliphatic rings. The summed E-state index contributed by atoms with van der Waals surface area (Å²) < 4.78 is 16.6. The average molecular weight is 424 g/mol. The topological polar surface area (TPSA) is 60.7 Å². The van der Waals surface area contributed by atoms with Crippen LogP contribution < -0.4 is 10.1 Å². The van der Waals surface area contributed by atoms with Gasteiger partial charge < -0.3 is 19.2 Å². The third-order valence-electron chi connectivity index (χ3n) is 4.93. The molecule has 1 amide bonds. The SMILES string of the molecule is O=C(Nc1cccc(CSC2CCOCC2)c1)c1occc1COc1ccccc1. The lowest BCUT2D eigenvalue weighted by atomic mass is 10.2. The molecule has 0 radical (unpaired) electrons. The molecule has 0 unspecified atom stereocenters. The monoisotopic (exact) mass is 423 g/mol. The summed E-state index contributed by atoms with van der Waals surface area (Å²) in [5.41, 5.74) is 2.66. The quantitative estimate of drug-likeness (QED) is 0.517. The van der Waals surface area contributed by atoms with E-state index < -0.39 is 0 Å². The molecule has 0 atom stereocenters. The van der Waals surface area contributed by atoms with Crippen LogP contribution in [0.4, 0.5) is 5.69 Å². The molecule has 1 saturated heterocycles. The van der Waals surface area contributed by atoms with E-state index in [4.69, 9.17) is 13.9 Å². The Morgan fingerprint density at radius 3 is 2.73 bits per heavy atom. The first-order valence-electron chi connectivity index (χ1n) is 10.1. The summed E-state index contributed by atoms with van der Waals surface area (Å²) in [7, 11) is 0. The van der Waals surface area contributed by atoms with Crippen molar-refractivity contribution in [2.75, 3.05) is 18.5 Å². The normalized spacial score (nSPS) is 14.4. The van der Waals surface area contributed by atoms with E-state index in [1.165, 1.54) is 11.8 Å². The molecule has 1 N–H and O–H groups in total. The summed E-state index contributed by atoms with van der Waals surface area (Å²) in [6, 6.07) is 19.2. The van der Waals surface area contributed by atoms with Gasteiger partial charge in [0.1, 0.15) is 12.4 Å². The Morgan fingerprint density at radius 1 is 1.07 bits per heavy atom. The molecule has 3 aromatic rings. The number of hydrogen-bond acceptors (Lipinski definition) is 5. The fourth-order valence-electron chi connectivity index (χ4n) is 3.31. The molecule has 2 aromatic carbocycles. The summed E-state index contributed by atoms with van der Waals surface area (Å²) in [6.07, 6.45) is 3.72. The molecule has 0 spiro atoms. The van der Waals surface area contributed by atoms with E-state index in [0.29, 0.717) is 10.8 Å². The second-order valence-corrected chi connectivity index (χ2v) is 8.44. The van der Waals surface area contributed by atoms with Crippen molar-refractivity contribution in [3.8, 4) is 5.75 Å². The van der Waals surface area contributed by atoms with E-state index >= 15 is 0 Å². The number of furan rings is 1. The molecule has 0 aliphatic carbocycles. The summed E-state index contributed by atoms with van der Waals surface area (Å²) in [5.74, 6) is 1.67. The van der Waals surface area contributed by atoms with Crippen LogP contribution in [0.5, 0.6) is 5.75 Å². The van der Waals surface area contributed by atoms with Crippen molar-refractivity contribution in [3.05, 3.63) is 83.8 Å². The molecule has 1 aliphatic heterocycles. The molecule has 5 nitrogen and oxygen atoms in total. The molecule has 156 valence electrons. The molecule has 1 aromatic heterocycles. The number of carbonyl (C=O) groups excluding carboxylic acids is 1. The summed E-state index contributed by atoms with van der Waals surface area (Å²) in [6.45, 7) is 1.98. The van der Waals surface area contributed by atoms with Crippen molar-refractivity contribution >= 4 is 23.4 Å². The second-order valence-electron chi connectivity index (χ2n) is 7.15. The third-order valence-corrected chi connectivity index (χ3v) is 6.37. The van der Waals surface area contributed by atoms with Crippen LogP contribution in [0.25, 0.3) is 0 Å². The van der Waals surface area contributed by atoms with Gasteiger partial charge in [-0.1, -0.05) is 30.3 Å². The lowest BCUT2D eigenvalue weighted by Crippen LogP contribution is -2.17. The average Bonchev–Trinajstić information content (AvgIpc) is 3.27. The van der Waals surface area contributed by atoms with Crippen LogP contribution in [0.15, 0.2) is 71.3 Å². The van der Waals surface area contributed by atoms with Crippen molar-refractivity contribution in [1.82, 2.24) is 0 Å². The van der Waals surface area contributed by atoms with Crippen LogP contribution >= 0.6 is 11.8 Å². The fraction of sp³-hybridized carbons (Fsp3) is 0.292. The maximum absolute atomic E-state index is 12.7. The summed E-state index contributed by atoms with van der Waals surface area (Å²) >= 11 is 1.96. The number of para-hydroxylation sites is 1. The lowest BCUT2D eigenvalue weighted by molar-refractivity contribution is 0.0992. The van der Waals surface area contributed by atoms with Crippen molar-refractivity contribution < 1.29 is 18.7 Å². The highest BCUT2D eigenvalue weighted by Gasteiger charge is 2.17. The van der Waals surface area contributed by atoms with Gasteiger partial charge in [0.15, 0.2) is 5.76 Å². The maximum Gasteiger partial charge on any atom is 0.291 e. The Hall–Kier alpha value is -2.70. The highest BCUT2D eigenvalue weighted by Crippen LogP contribution is 2.26. The van der Waals surface area contributed by atoms with E-state index in [9.17, 15) is 4.79 Å². The first-order chi connectivity index (χ1) is 14.8. The molecule has 30 heavy (non-hydrogen) atoms. The van der Waals surface area contributed by atoms with E-state index in [2.05, 4.69) is 11.4 Å². The number of amides is 1. The van der Waals surface area contributed by atoms with Crippen LogP contribution in [0.1, 0.15) is 34.5 Å². The van der Waals surface area contributed by atoms with Gasteiger partial charge >= 0.3 is 0 Å². The Labute approximate surface area is 180 Å². The van der Waals surface area contributed by atoms with Gasteiger partial charge in [0.2, 0.25) is 0 Å². The first kappa shape index (κ1) is 20.6. The predicted molar refractivity (Wildman–Crippen MR) is 119 cm³/mol. The van der Waals surface area contributed by atoms with Crippen LogP contribution in [0, 0.1) is 0 Å². The van der Waals surface area contributed by atoms with E-state index in [-0.39, 0.29) is 18.3 Å². The van der Waals surface area contributed by atoms with Crippen molar-refractivity contribution in [1.29, 1.82) is 0 Å².